The summed E-state index contributed by atoms with van der Waals surface area (Å²) in [6, 6.07) is 14.0. The lowest BCUT2D eigenvalue weighted by Crippen LogP contribution is -2.37. The molecule has 2 heterocycles. The molecule has 8 nitrogen and oxygen atoms in total. The summed E-state index contributed by atoms with van der Waals surface area (Å²) < 4.78 is 7.42. The van der Waals surface area contributed by atoms with E-state index in [1.54, 1.807) is 0 Å². The van der Waals surface area contributed by atoms with Gasteiger partial charge in [-0.2, -0.15) is 20.1 Å². The number of aryl methyl sites for hydroxylation is 1. The van der Waals surface area contributed by atoms with Crippen LogP contribution in [0.1, 0.15) is 18.1 Å². The minimum atomic E-state index is 0.365. The highest BCUT2D eigenvalue weighted by atomic mass is 79.9. The van der Waals surface area contributed by atoms with Crippen LogP contribution in [0.4, 0.5) is 23.5 Å². The minimum absolute atomic E-state index is 0.365. The first-order chi connectivity index (χ1) is 15.5. The molecule has 1 aliphatic heterocycles. The normalized spacial score (nSPS) is 14.4. The minimum Gasteiger partial charge on any atom is -0.378 e. The molecule has 0 spiro atoms. The van der Waals surface area contributed by atoms with E-state index in [4.69, 9.17) is 4.74 Å². The largest absolute Gasteiger partial charge is 0.378 e. The Hall–Kier alpha value is -2.56. The summed E-state index contributed by atoms with van der Waals surface area (Å²) in [6.45, 7) is 6.70. The zero-order valence-corrected chi connectivity index (χ0v) is 20.9. The van der Waals surface area contributed by atoms with Crippen molar-refractivity contribution in [3.8, 4) is 0 Å². The number of aromatic nitrogens is 3. The van der Waals surface area contributed by atoms with Crippen molar-refractivity contribution in [3.63, 3.8) is 0 Å². The van der Waals surface area contributed by atoms with Crippen molar-refractivity contribution in [2.75, 3.05) is 41.9 Å². The summed E-state index contributed by atoms with van der Waals surface area (Å²) in [5, 5.41) is 7.76. The molecule has 2 N–H and O–H groups in total. The van der Waals surface area contributed by atoms with Gasteiger partial charge in [-0.1, -0.05) is 34.1 Å². The summed E-state index contributed by atoms with van der Waals surface area (Å²) in [6.07, 6.45) is 0. The number of morpholine rings is 1. The van der Waals surface area contributed by atoms with E-state index in [1.807, 2.05) is 56.3 Å². The molecule has 1 aliphatic rings. The molecule has 0 amide bonds. The van der Waals surface area contributed by atoms with E-state index >= 15 is 0 Å². The van der Waals surface area contributed by atoms with Crippen LogP contribution in [0.15, 0.2) is 56.5 Å². The average molecular weight is 561 g/mol. The summed E-state index contributed by atoms with van der Waals surface area (Å²) in [5.74, 6) is 1.38. The Morgan fingerprint density at radius 3 is 2.44 bits per heavy atom. The van der Waals surface area contributed by atoms with Gasteiger partial charge in [-0.15, -0.1) is 0 Å². The highest BCUT2D eigenvalue weighted by Gasteiger charge is 2.17. The third kappa shape index (κ3) is 5.81. The van der Waals surface area contributed by atoms with Gasteiger partial charge in [0.05, 0.1) is 24.6 Å². The number of halogens is 2. The lowest BCUT2D eigenvalue weighted by atomic mass is 10.1. The highest BCUT2D eigenvalue weighted by molar-refractivity contribution is 9.10. The van der Waals surface area contributed by atoms with Crippen molar-refractivity contribution in [3.05, 3.63) is 62.5 Å². The Bertz CT molecular complexity index is 1120. The molecule has 0 atom stereocenters. The molecule has 1 saturated heterocycles. The first-order valence-corrected chi connectivity index (χ1v) is 11.7. The summed E-state index contributed by atoms with van der Waals surface area (Å²) in [4.78, 5) is 15.8. The SMILES string of the molecule is CC(=NNc1nc(Nc2ccc(C)cc2Br)nc(N2CCOCC2)n1)c1ccc(Br)cc1. The number of benzene rings is 2. The maximum atomic E-state index is 5.47. The first-order valence-electron chi connectivity index (χ1n) is 10.2. The molecule has 3 aromatic rings. The number of ether oxygens (including phenoxy) is 1. The van der Waals surface area contributed by atoms with Crippen LogP contribution in [0, 0.1) is 6.92 Å². The van der Waals surface area contributed by atoms with Gasteiger partial charge < -0.3 is 15.0 Å². The Balaban J connectivity index is 1.62. The molecule has 0 bridgehead atoms. The van der Waals surface area contributed by atoms with Crippen molar-refractivity contribution in [1.82, 2.24) is 15.0 Å². The predicted octanol–water partition coefficient (Wildman–Crippen LogP) is 5.12. The van der Waals surface area contributed by atoms with Crippen LogP contribution in [-0.4, -0.2) is 47.0 Å². The van der Waals surface area contributed by atoms with Crippen LogP contribution in [0.25, 0.3) is 0 Å². The van der Waals surface area contributed by atoms with Crippen molar-refractivity contribution in [2.24, 2.45) is 5.10 Å². The Morgan fingerprint density at radius 2 is 1.72 bits per heavy atom. The standard InChI is InChI=1S/C22H23Br2N7O/c1-14-3-8-19(18(24)13-14)25-20-26-21(28-22(27-20)31-9-11-32-12-10-31)30-29-15(2)16-4-6-17(23)7-5-16/h3-8,13H,9-12H2,1-2H3,(H2,25,26,27,28,30). The summed E-state index contributed by atoms with van der Waals surface area (Å²) in [5.41, 5.74) is 6.85. The molecule has 2 aromatic carbocycles. The van der Waals surface area contributed by atoms with Crippen LogP contribution in [0.3, 0.4) is 0 Å². The van der Waals surface area contributed by atoms with Gasteiger partial charge in [0.1, 0.15) is 0 Å². The zero-order chi connectivity index (χ0) is 22.5. The van der Waals surface area contributed by atoms with E-state index in [9.17, 15) is 0 Å². The molecule has 166 valence electrons. The fraction of sp³-hybridized carbons (Fsp3) is 0.273. The maximum Gasteiger partial charge on any atom is 0.250 e. The molecule has 0 unspecified atom stereocenters. The molecule has 1 fully saturated rings. The van der Waals surface area contributed by atoms with Crippen LogP contribution < -0.4 is 15.6 Å². The van der Waals surface area contributed by atoms with E-state index in [0.29, 0.717) is 31.1 Å². The lowest BCUT2D eigenvalue weighted by Gasteiger charge is -2.27. The topological polar surface area (TPSA) is 87.6 Å². The quantitative estimate of drug-likeness (QED) is 0.319. The van der Waals surface area contributed by atoms with Gasteiger partial charge in [-0.3, -0.25) is 0 Å². The third-order valence-corrected chi connectivity index (χ3v) is 6.06. The van der Waals surface area contributed by atoms with Gasteiger partial charge >= 0.3 is 0 Å². The molecule has 32 heavy (non-hydrogen) atoms. The van der Waals surface area contributed by atoms with E-state index in [2.05, 4.69) is 67.6 Å². The zero-order valence-electron chi connectivity index (χ0n) is 17.8. The number of hydrazone groups is 1. The van der Waals surface area contributed by atoms with Gasteiger partial charge in [-0.05, 0) is 65.2 Å². The van der Waals surface area contributed by atoms with Gasteiger partial charge in [0.15, 0.2) is 0 Å². The monoisotopic (exact) mass is 559 g/mol. The fourth-order valence-corrected chi connectivity index (χ4v) is 3.96. The molecule has 1 aromatic heterocycles. The van der Waals surface area contributed by atoms with Crippen LogP contribution >= 0.6 is 31.9 Å². The highest BCUT2D eigenvalue weighted by Crippen LogP contribution is 2.26. The Morgan fingerprint density at radius 1 is 1.00 bits per heavy atom. The molecular formula is C22H23Br2N7O. The van der Waals surface area contributed by atoms with Crippen molar-refractivity contribution >= 4 is 61.1 Å². The summed E-state index contributed by atoms with van der Waals surface area (Å²) >= 11 is 7.05. The Labute approximate surface area is 203 Å². The predicted molar refractivity (Wildman–Crippen MR) is 135 cm³/mol. The second-order valence-electron chi connectivity index (χ2n) is 7.31. The van der Waals surface area contributed by atoms with E-state index < -0.39 is 0 Å². The second kappa shape index (κ2) is 10.4. The molecule has 0 radical (unpaired) electrons. The van der Waals surface area contributed by atoms with Crippen molar-refractivity contribution < 1.29 is 4.74 Å². The number of nitrogens with one attached hydrogen (secondary N) is 2. The number of rotatable bonds is 6. The van der Waals surface area contributed by atoms with Gasteiger partial charge in [-0.25, -0.2) is 5.43 Å². The van der Waals surface area contributed by atoms with E-state index in [1.165, 1.54) is 0 Å². The van der Waals surface area contributed by atoms with Gasteiger partial charge in [0, 0.05) is 22.0 Å². The summed E-state index contributed by atoms with van der Waals surface area (Å²) in [7, 11) is 0. The van der Waals surface area contributed by atoms with Gasteiger partial charge in [0.25, 0.3) is 0 Å². The molecule has 10 heteroatoms. The third-order valence-electron chi connectivity index (χ3n) is 4.87. The van der Waals surface area contributed by atoms with Crippen LogP contribution in [0.2, 0.25) is 0 Å². The van der Waals surface area contributed by atoms with Crippen LogP contribution in [-0.2, 0) is 4.74 Å². The molecule has 0 saturated carbocycles. The number of nitrogens with zero attached hydrogens (tertiary/aromatic N) is 5. The molecule has 4 rings (SSSR count). The smallest absolute Gasteiger partial charge is 0.250 e. The maximum absolute atomic E-state index is 5.47. The number of anilines is 4. The van der Waals surface area contributed by atoms with Crippen molar-refractivity contribution in [2.45, 2.75) is 13.8 Å². The lowest BCUT2D eigenvalue weighted by molar-refractivity contribution is 0.122. The van der Waals surface area contributed by atoms with E-state index in [-0.39, 0.29) is 0 Å². The molecular weight excluding hydrogens is 538 g/mol. The Kier molecular flexibility index (Phi) is 7.33. The van der Waals surface area contributed by atoms with Crippen LogP contribution in [0.5, 0.6) is 0 Å². The number of hydrogen-bond donors (Lipinski definition) is 2. The first kappa shape index (κ1) is 22.6. The van der Waals surface area contributed by atoms with Crippen molar-refractivity contribution in [1.29, 1.82) is 0 Å². The average Bonchev–Trinajstić information content (AvgIpc) is 2.80. The second-order valence-corrected chi connectivity index (χ2v) is 9.08. The number of hydrogen-bond acceptors (Lipinski definition) is 8. The van der Waals surface area contributed by atoms with Gasteiger partial charge in [0.2, 0.25) is 17.8 Å². The molecule has 0 aliphatic carbocycles. The van der Waals surface area contributed by atoms with E-state index in [0.717, 1.165) is 44.6 Å². The fourth-order valence-electron chi connectivity index (χ4n) is 3.11.